The lowest BCUT2D eigenvalue weighted by Gasteiger charge is -2.11. The molecule has 0 saturated carbocycles. The van der Waals surface area contributed by atoms with Gasteiger partial charge in [0.05, 0.1) is 6.10 Å². The fourth-order valence-corrected chi connectivity index (χ4v) is 1.12. The molecule has 0 aliphatic carbocycles. The van der Waals surface area contributed by atoms with Crippen LogP contribution in [0.2, 0.25) is 6.32 Å². The molecule has 1 atom stereocenters. The summed E-state index contributed by atoms with van der Waals surface area (Å²) in [7, 11) is 4.25. The van der Waals surface area contributed by atoms with Crippen LogP contribution >= 0.6 is 0 Å². The lowest BCUT2D eigenvalue weighted by Crippen LogP contribution is -2.10. The van der Waals surface area contributed by atoms with Gasteiger partial charge in [-0.15, -0.1) is 0 Å². The number of hydrogen-bond acceptors (Lipinski definition) is 1. The smallest absolute Gasteiger partial charge is 0.138 e. The zero-order valence-electron chi connectivity index (χ0n) is 10.2. The van der Waals surface area contributed by atoms with E-state index >= 15 is 0 Å². The molecule has 0 N–H and O–H groups in total. The van der Waals surface area contributed by atoms with E-state index in [0.29, 0.717) is 5.92 Å². The Hall–Kier alpha value is -0.430. The standard InChI is InChI=1S/C11H22B2O/c1-9(2)8-14-10(3)7-11(13)5-4-6-12/h4-5,7,9-10H,6,8,12-13H2,1-3H3/b5-4+,11-7+. The first-order valence-corrected chi connectivity index (χ1v) is 5.52. The molecule has 3 heteroatoms. The minimum absolute atomic E-state index is 0.221. The monoisotopic (exact) mass is 192 g/mol. The first-order valence-electron chi connectivity index (χ1n) is 5.52. The average molecular weight is 192 g/mol. The molecule has 0 aromatic heterocycles. The minimum atomic E-state index is 0.221. The van der Waals surface area contributed by atoms with Crippen LogP contribution in [-0.4, -0.2) is 28.4 Å². The van der Waals surface area contributed by atoms with Gasteiger partial charge in [-0.05, 0) is 12.8 Å². The van der Waals surface area contributed by atoms with Crippen LogP contribution in [0, 0.1) is 5.92 Å². The number of hydrogen-bond donors (Lipinski definition) is 0. The molecule has 0 aromatic carbocycles. The highest BCUT2D eigenvalue weighted by Gasteiger charge is 1.99. The van der Waals surface area contributed by atoms with Gasteiger partial charge in [0.15, 0.2) is 0 Å². The predicted octanol–water partition coefficient (Wildman–Crippen LogP) is 1.17. The summed E-state index contributed by atoms with van der Waals surface area (Å²) in [5, 5.41) is 0. The Labute approximate surface area is 90.4 Å². The maximum absolute atomic E-state index is 5.64. The van der Waals surface area contributed by atoms with Crippen molar-refractivity contribution in [3.05, 3.63) is 23.7 Å². The Bertz CT molecular complexity index is 197. The Kier molecular flexibility index (Phi) is 7.68. The van der Waals surface area contributed by atoms with Crippen LogP contribution in [0.5, 0.6) is 0 Å². The topological polar surface area (TPSA) is 9.23 Å². The Balaban J connectivity index is 3.88. The van der Waals surface area contributed by atoms with Crippen LogP contribution in [0.15, 0.2) is 23.7 Å². The molecular weight excluding hydrogens is 170 g/mol. The van der Waals surface area contributed by atoms with Crippen LogP contribution in [-0.2, 0) is 4.74 Å². The van der Waals surface area contributed by atoms with Gasteiger partial charge in [0.2, 0.25) is 0 Å². The Morgan fingerprint density at radius 3 is 2.50 bits per heavy atom. The number of rotatable bonds is 6. The maximum Gasteiger partial charge on any atom is 0.138 e. The van der Waals surface area contributed by atoms with Crippen LogP contribution < -0.4 is 0 Å². The molecule has 78 valence electrons. The van der Waals surface area contributed by atoms with E-state index in [-0.39, 0.29) is 6.10 Å². The molecule has 0 spiro atoms. The number of allylic oxidation sites excluding steroid dienone is 3. The van der Waals surface area contributed by atoms with Gasteiger partial charge in [-0.1, -0.05) is 43.9 Å². The summed E-state index contributed by atoms with van der Waals surface area (Å²) in [6.45, 7) is 7.26. The molecule has 0 aliphatic rings. The summed E-state index contributed by atoms with van der Waals surface area (Å²) in [4.78, 5) is 0. The van der Waals surface area contributed by atoms with E-state index in [9.17, 15) is 0 Å². The van der Waals surface area contributed by atoms with Crippen molar-refractivity contribution < 1.29 is 4.74 Å². The van der Waals surface area contributed by atoms with Gasteiger partial charge >= 0.3 is 0 Å². The highest BCUT2D eigenvalue weighted by atomic mass is 16.5. The van der Waals surface area contributed by atoms with E-state index in [1.807, 2.05) is 0 Å². The largest absolute Gasteiger partial charge is 0.374 e. The van der Waals surface area contributed by atoms with Crippen molar-refractivity contribution in [1.82, 2.24) is 0 Å². The van der Waals surface area contributed by atoms with Gasteiger partial charge in [0, 0.05) is 6.61 Å². The normalized spacial score (nSPS) is 15.3. The third-order valence-corrected chi connectivity index (χ3v) is 1.81. The van der Waals surface area contributed by atoms with Crippen molar-refractivity contribution in [2.75, 3.05) is 6.61 Å². The van der Waals surface area contributed by atoms with E-state index in [1.165, 1.54) is 5.47 Å². The van der Waals surface area contributed by atoms with Crippen LogP contribution in [0.1, 0.15) is 20.8 Å². The first kappa shape index (κ1) is 13.6. The zero-order chi connectivity index (χ0) is 11.0. The molecule has 0 fully saturated rings. The van der Waals surface area contributed by atoms with Crippen molar-refractivity contribution in [3.8, 4) is 0 Å². The summed E-state index contributed by atoms with van der Waals surface area (Å²) in [6.07, 6.45) is 7.79. The molecule has 0 radical (unpaired) electrons. The molecule has 0 heterocycles. The highest BCUT2D eigenvalue weighted by Crippen LogP contribution is 2.02. The average Bonchev–Trinajstić information content (AvgIpc) is 2.11. The van der Waals surface area contributed by atoms with Gasteiger partial charge in [-0.2, -0.15) is 0 Å². The second kappa shape index (κ2) is 7.93. The van der Waals surface area contributed by atoms with Gasteiger partial charge in [0.1, 0.15) is 15.7 Å². The summed E-state index contributed by atoms with van der Waals surface area (Å²) >= 11 is 0. The Morgan fingerprint density at radius 1 is 1.36 bits per heavy atom. The molecule has 0 aromatic rings. The van der Waals surface area contributed by atoms with Crippen LogP contribution in [0.4, 0.5) is 0 Å². The molecule has 14 heavy (non-hydrogen) atoms. The van der Waals surface area contributed by atoms with Crippen molar-refractivity contribution >= 4 is 15.7 Å². The molecular formula is C11H22B2O. The summed E-state index contributed by atoms with van der Waals surface area (Å²) < 4.78 is 5.64. The molecule has 0 rings (SSSR count). The number of ether oxygens (including phenoxy) is 1. The lowest BCUT2D eigenvalue weighted by molar-refractivity contribution is 0.0761. The third-order valence-electron chi connectivity index (χ3n) is 1.81. The molecule has 1 nitrogen and oxygen atoms in total. The summed E-state index contributed by atoms with van der Waals surface area (Å²) in [6, 6.07) is 0. The van der Waals surface area contributed by atoms with E-state index < -0.39 is 0 Å². The van der Waals surface area contributed by atoms with E-state index in [1.54, 1.807) is 0 Å². The van der Waals surface area contributed by atoms with E-state index in [2.05, 4.69) is 54.7 Å². The van der Waals surface area contributed by atoms with Crippen molar-refractivity contribution in [1.29, 1.82) is 0 Å². The molecule has 0 bridgehead atoms. The van der Waals surface area contributed by atoms with E-state index in [0.717, 1.165) is 12.9 Å². The fourth-order valence-electron chi connectivity index (χ4n) is 1.12. The molecule has 0 aliphatic heterocycles. The van der Waals surface area contributed by atoms with Gasteiger partial charge in [0.25, 0.3) is 0 Å². The van der Waals surface area contributed by atoms with Gasteiger partial charge in [-0.3, -0.25) is 0 Å². The van der Waals surface area contributed by atoms with Gasteiger partial charge < -0.3 is 4.74 Å². The minimum Gasteiger partial charge on any atom is -0.374 e. The molecule has 1 unspecified atom stereocenters. The zero-order valence-corrected chi connectivity index (χ0v) is 10.2. The summed E-state index contributed by atoms with van der Waals surface area (Å²) in [5.74, 6) is 0.609. The molecule has 0 saturated heterocycles. The third kappa shape index (κ3) is 8.18. The molecule has 0 amide bonds. The SMILES string of the molecule is BC/C=C/C(B)=C\C(C)OCC(C)C. The van der Waals surface area contributed by atoms with Crippen LogP contribution in [0.25, 0.3) is 0 Å². The summed E-state index contributed by atoms with van der Waals surface area (Å²) in [5.41, 5.74) is 1.28. The van der Waals surface area contributed by atoms with E-state index in [4.69, 9.17) is 4.74 Å². The maximum atomic E-state index is 5.64. The first-order chi connectivity index (χ1) is 6.56. The predicted molar refractivity (Wildman–Crippen MR) is 69.4 cm³/mol. The second-order valence-corrected chi connectivity index (χ2v) is 4.15. The Morgan fingerprint density at radius 2 is 2.00 bits per heavy atom. The van der Waals surface area contributed by atoms with Gasteiger partial charge in [-0.25, -0.2) is 0 Å². The van der Waals surface area contributed by atoms with Crippen molar-refractivity contribution in [2.45, 2.75) is 33.2 Å². The van der Waals surface area contributed by atoms with Crippen molar-refractivity contribution in [2.24, 2.45) is 5.92 Å². The highest BCUT2D eigenvalue weighted by molar-refractivity contribution is 6.23. The quantitative estimate of drug-likeness (QED) is 0.453. The van der Waals surface area contributed by atoms with Crippen molar-refractivity contribution in [3.63, 3.8) is 0 Å². The fraction of sp³-hybridized carbons (Fsp3) is 0.636. The lowest BCUT2D eigenvalue weighted by atomic mass is 9.92. The second-order valence-electron chi connectivity index (χ2n) is 4.15. The van der Waals surface area contributed by atoms with Crippen LogP contribution in [0.3, 0.4) is 0 Å².